The SMILES string of the molecule is CCc1cnc(N2C=CC([C@H](C)Oc3nn4cc(-c5ccc(S(C)(=O)=O)cc5F)nc4s3)=CC2)nc1. The highest BCUT2D eigenvalue weighted by Gasteiger charge is 2.19. The van der Waals surface area contributed by atoms with Gasteiger partial charge in [-0.25, -0.2) is 32.3 Å². The molecule has 0 spiro atoms. The first-order valence-corrected chi connectivity index (χ1v) is 13.9. The summed E-state index contributed by atoms with van der Waals surface area (Å²) in [5, 5.41) is 4.84. The zero-order valence-electron chi connectivity index (χ0n) is 19.8. The van der Waals surface area contributed by atoms with Crippen molar-refractivity contribution in [3.05, 3.63) is 72.1 Å². The van der Waals surface area contributed by atoms with Gasteiger partial charge in [-0.05, 0) is 60.1 Å². The van der Waals surface area contributed by atoms with Crippen LogP contribution in [0.3, 0.4) is 0 Å². The topological polar surface area (TPSA) is 103 Å². The summed E-state index contributed by atoms with van der Waals surface area (Å²) < 4.78 is 45.4. The summed E-state index contributed by atoms with van der Waals surface area (Å²) in [4.78, 5) is 15.7. The average Bonchev–Trinajstić information content (AvgIpc) is 3.42. The molecule has 12 heteroatoms. The molecule has 0 bridgehead atoms. The van der Waals surface area contributed by atoms with Crippen molar-refractivity contribution >= 4 is 32.1 Å². The Morgan fingerprint density at radius 2 is 2.03 bits per heavy atom. The fraction of sp³-hybridized carbons (Fsp3) is 0.250. The van der Waals surface area contributed by atoms with Crippen molar-refractivity contribution in [3.63, 3.8) is 0 Å². The summed E-state index contributed by atoms with van der Waals surface area (Å²) in [6, 6.07) is 3.77. The number of halogens is 1. The number of hydrogen-bond donors (Lipinski definition) is 0. The van der Waals surface area contributed by atoms with Gasteiger partial charge >= 0.3 is 0 Å². The Balaban J connectivity index is 1.26. The molecule has 0 aliphatic carbocycles. The average molecular weight is 527 g/mol. The lowest BCUT2D eigenvalue weighted by molar-refractivity contribution is 0.256. The summed E-state index contributed by atoms with van der Waals surface area (Å²) in [7, 11) is -3.50. The summed E-state index contributed by atoms with van der Waals surface area (Å²) in [5.74, 6) is -0.0165. The van der Waals surface area contributed by atoms with E-state index in [0.717, 1.165) is 29.9 Å². The maximum absolute atomic E-state index is 14.5. The van der Waals surface area contributed by atoms with E-state index in [1.54, 1.807) is 6.20 Å². The number of rotatable bonds is 7. The van der Waals surface area contributed by atoms with Crippen molar-refractivity contribution in [2.45, 2.75) is 31.3 Å². The number of imidazole rings is 1. The Hall–Kier alpha value is -3.64. The first-order chi connectivity index (χ1) is 17.2. The summed E-state index contributed by atoms with van der Waals surface area (Å²) in [6.45, 7) is 4.63. The van der Waals surface area contributed by atoms with Crippen molar-refractivity contribution < 1.29 is 17.5 Å². The lowest BCUT2D eigenvalue weighted by Gasteiger charge is -2.23. The van der Waals surface area contributed by atoms with Crippen molar-refractivity contribution in [3.8, 4) is 16.5 Å². The van der Waals surface area contributed by atoms with Crippen LogP contribution in [0.5, 0.6) is 5.19 Å². The molecule has 0 saturated heterocycles. The highest BCUT2D eigenvalue weighted by atomic mass is 32.2. The van der Waals surface area contributed by atoms with Crippen LogP contribution in [0.25, 0.3) is 16.2 Å². The molecule has 36 heavy (non-hydrogen) atoms. The molecule has 3 aromatic heterocycles. The van der Waals surface area contributed by atoms with E-state index >= 15 is 0 Å². The zero-order valence-corrected chi connectivity index (χ0v) is 21.4. The van der Waals surface area contributed by atoms with Crippen molar-refractivity contribution in [1.29, 1.82) is 0 Å². The van der Waals surface area contributed by atoms with Gasteiger partial charge < -0.3 is 9.64 Å². The van der Waals surface area contributed by atoms with E-state index in [9.17, 15) is 12.8 Å². The number of fused-ring (bicyclic) bond motifs is 1. The minimum absolute atomic E-state index is 0.0799. The van der Waals surface area contributed by atoms with E-state index in [0.29, 0.717) is 28.3 Å². The molecular formula is C24H23FN6O3S2. The van der Waals surface area contributed by atoms with Gasteiger partial charge in [-0.15, -0.1) is 5.10 Å². The van der Waals surface area contributed by atoms with Gasteiger partial charge in [0, 0.05) is 37.0 Å². The van der Waals surface area contributed by atoms with Crippen LogP contribution in [0.1, 0.15) is 19.4 Å². The smallest absolute Gasteiger partial charge is 0.294 e. The lowest BCUT2D eigenvalue weighted by Crippen LogP contribution is -2.24. The van der Waals surface area contributed by atoms with Crippen LogP contribution >= 0.6 is 11.3 Å². The van der Waals surface area contributed by atoms with Gasteiger partial charge in [0.1, 0.15) is 11.9 Å². The van der Waals surface area contributed by atoms with E-state index in [4.69, 9.17) is 4.74 Å². The van der Waals surface area contributed by atoms with E-state index in [1.807, 2.05) is 36.5 Å². The Morgan fingerprint density at radius 3 is 2.64 bits per heavy atom. The van der Waals surface area contributed by atoms with Crippen LogP contribution in [0, 0.1) is 5.82 Å². The fourth-order valence-corrected chi connectivity index (χ4v) is 5.09. The first kappa shape index (κ1) is 24.1. The second-order valence-electron chi connectivity index (χ2n) is 8.31. The van der Waals surface area contributed by atoms with Gasteiger partial charge in [-0.2, -0.15) is 0 Å². The highest BCUT2D eigenvalue weighted by Crippen LogP contribution is 2.29. The van der Waals surface area contributed by atoms with Crippen LogP contribution in [-0.2, 0) is 16.3 Å². The van der Waals surface area contributed by atoms with E-state index in [-0.39, 0.29) is 16.6 Å². The van der Waals surface area contributed by atoms with Crippen LogP contribution < -0.4 is 9.64 Å². The predicted molar refractivity (Wildman–Crippen MR) is 135 cm³/mol. The van der Waals surface area contributed by atoms with Gasteiger partial charge in [0.2, 0.25) is 10.9 Å². The molecule has 1 atom stereocenters. The Morgan fingerprint density at radius 1 is 1.25 bits per heavy atom. The number of nitrogens with zero attached hydrogens (tertiary/aromatic N) is 6. The Kier molecular flexibility index (Phi) is 6.31. The van der Waals surface area contributed by atoms with Crippen molar-refractivity contribution in [1.82, 2.24) is 24.6 Å². The second-order valence-corrected chi connectivity index (χ2v) is 11.2. The number of aryl methyl sites for hydroxylation is 1. The maximum Gasteiger partial charge on any atom is 0.294 e. The number of ether oxygens (including phenoxy) is 1. The number of sulfone groups is 1. The van der Waals surface area contributed by atoms with Crippen LogP contribution in [0.15, 0.2) is 65.6 Å². The molecule has 1 aliphatic rings. The van der Waals surface area contributed by atoms with Gasteiger partial charge in [-0.3, -0.25) is 0 Å². The molecular weight excluding hydrogens is 503 g/mol. The molecule has 0 unspecified atom stereocenters. The van der Waals surface area contributed by atoms with Crippen molar-refractivity contribution in [2.75, 3.05) is 17.7 Å². The van der Waals surface area contributed by atoms with E-state index < -0.39 is 15.7 Å². The standard InChI is InChI=1S/C24H23FN6O3S2/c1-4-16-12-26-22(27-13-16)30-9-7-17(8-10-30)15(2)34-24-29-31-14-21(28-23(31)35-24)19-6-5-18(11-20(19)25)36(3,32)33/h5-9,11-15H,4,10H2,1-3H3/t15-/m0/s1. The predicted octanol–water partition coefficient (Wildman–Crippen LogP) is 4.08. The molecule has 4 aromatic rings. The number of anilines is 1. The van der Waals surface area contributed by atoms with E-state index in [2.05, 4.69) is 33.1 Å². The third-order valence-electron chi connectivity index (χ3n) is 5.74. The highest BCUT2D eigenvalue weighted by molar-refractivity contribution is 7.90. The third-order valence-corrected chi connectivity index (χ3v) is 7.67. The largest absolute Gasteiger partial charge is 0.461 e. The number of aromatic nitrogens is 5. The van der Waals surface area contributed by atoms with Gasteiger partial charge in [0.05, 0.1) is 16.8 Å². The Bertz CT molecular complexity index is 1560. The molecule has 1 aromatic carbocycles. The molecule has 0 radical (unpaired) electrons. The minimum Gasteiger partial charge on any atom is -0.461 e. The number of benzene rings is 1. The second kappa shape index (κ2) is 9.43. The molecule has 9 nitrogen and oxygen atoms in total. The zero-order chi connectivity index (χ0) is 25.4. The van der Waals surface area contributed by atoms with Crippen molar-refractivity contribution in [2.24, 2.45) is 0 Å². The van der Waals surface area contributed by atoms with Crippen LogP contribution in [-0.4, -0.2) is 51.9 Å². The quantitative estimate of drug-likeness (QED) is 0.355. The molecule has 1 aliphatic heterocycles. The monoisotopic (exact) mass is 526 g/mol. The maximum atomic E-state index is 14.5. The van der Waals surface area contributed by atoms with Crippen LogP contribution in [0.2, 0.25) is 0 Å². The molecule has 186 valence electrons. The van der Waals surface area contributed by atoms with Gasteiger partial charge in [0.25, 0.3) is 5.19 Å². The molecule has 4 heterocycles. The molecule has 0 saturated carbocycles. The molecule has 0 amide bonds. The van der Waals surface area contributed by atoms with Gasteiger partial charge in [0.15, 0.2) is 9.84 Å². The summed E-state index contributed by atoms with van der Waals surface area (Å²) in [6.07, 6.45) is 12.9. The lowest BCUT2D eigenvalue weighted by atomic mass is 10.1. The molecule has 0 N–H and O–H groups in total. The fourth-order valence-electron chi connectivity index (χ4n) is 3.65. The normalized spacial score (nSPS) is 14.8. The third kappa shape index (κ3) is 4.86. The molecule has 0 fully saturated rings. The molecule has 5 rings (SSSR count). The van der Waals surface area contributed by atoms with Crippen LogP contribution in [0.4, 0.5) is 10.3 Å². The van der Waals surface area contributed by atoms with E-state index in [1.165, 1.54) is 28.0 Å². The Labute approximate surface area is 211 Å². The number of hydrogen-bond acceptors (Lipinski definition) is 9. The summed E-state index contributed by atoms with van der Waals surface area (Å²) >= 11 is 1.24. The summed E-state index contributed by atoms with van der Waals surface area (Å²) in [5.41, 5.74) is 2.65. The first-order valence-electron chi connectivity index (χ1n) is 11.2. The van der Waals surface area contributed by atoms with Gasteiger partial charge in [-0.1, -0.05) is 13.0 Å². The minimum atomic E-state index is -3.50.